The largest absolute Gasteiger partial charge is 0.505 e. The predicted molar refractivity (Wildman–Crippen MR) is 201 cm³/mol. The van der Waals surface area contributed by atoms with Crippen molar-refractivity contribution in [3.8, 4) is 28.7 Å². The standard InChI is InChI=1S/C37H38N6O18/c1-4-6-19(29(48)17(2)45)32(51)38-21-14-59-36(55)22(39-33(52)20-7-5-8-25(46)30(20)49)15-60-37(56)23(16-61-35(21)54)40-34(53)28-24(9-10-26(47)31(28)50)42-13-27(43(57)58)41(11-12-44)18(42)3/h4-10,13,21-23,44H,2,11-12,14-16H2,1,3H3,(H8-,38,39,40,45,46,47,48,49,50,51,52,53)/p+1/b6-4-. The quantitative estimate of drug-likeness (QED) is 0.0124. The maximum Gasteiger partial charge on any atom is 0.365 e. The maximum atomic E-state index is 14.0. The number of para-hydroxylation sites is 1. The summed E-state index contributed by atoms with van der Waals surface area (Å²) in [4.78, 5) is 91.8. The molecule has 3 atom stereocenters. The zero-order valence-electron chi connectivity index (χ0n) is 32.1. The number of nitrogens with zero attached hydrogens (tertiary/aromatic N) is 3. The third-order valence-electron chi connectivity index (χ3n) is 8.70. The van der Waals surface area contributed by atoms with Gasteiger partial charge in [0.05, 0.1) is 17.7 Å². The molecule has 2 aromatic carbocycles. The summed E-state index contributed by atoms with van der Waals surface area (Å²) in [6, 6.07) is -0.692. The van der Waals surface area contributed by atoms with Crippen LogP contribution in [-0.2, 0) is 39.9 Å². The van der Waals surface area contributed by atoms with Crippen LogP contribution >= 0.6 is 0 Å². The number of imidazole rings is 1. The number of carbonyl (C=O) groups excluding carboxylic acids is 6. The zero-order valence-corrected chi connectivity index (χ0v) is 32.1. The summed E-state index contributed by atoms with van der Waals surface area (Å²) in [7, 11) is 0. The fraction of sp³-hybridized carbons (Fsp3) is 0.270. The molecular formula is C37H39N6O18+. The Morgan fingerprint density at radius 1 is 0.885 bits per heavy atom. The number of amides is 3. The molecule has 24 heteroatoms. The number of rotatable bonds is 12. The lowest BCUT2D eigenvalue weighted by atomic mass is 10.1. The number of aromatic nitrogens is 2. The van der Waals surface area contributed by atoms with E-state index in [1.165, 1.54) is 26.0 Å². The van der Waals surface area contributed by atoms with Crippen LogP contribution in [0.3, 0.4) is 0 Å². The summed E-state index contributed by atoms with van der Waals surface area (Å²) < 4.78 is 17.7. The second-order valence-corrected chi connectivity index (χ2v) is 12.7. The third kappa shape index (κ3) is 10.3. The highest BCUT2D eigenvalue weighted by Gasteiger charge is 2.37. The number of allylic oxidation sites excluding steroid dienone is 1. The molecule has 3 aromatic rings. The summed E-state index contributed by atoms with van der Waals surface area (Å²) in [5, 5.41) is 89.0. The van der Waals surface area contributed by atoms with Gasteiger partial charge in [0.25, 0.3) is 23.5 Å². The number of nitrogens with one attached hydrogen (secondary N) is 3. The monoisotopic (exact) mass is 855 g/mol. The number of benzene rings is 2. The van der Waals surface area contributed by atoms with Gasteiger partial charge < -0.3 is 76.0 Å². The van der Waals surface area contributed by atoms with Crippen molar-refractivity contribution in [3.63, 3.8) is 0 Å². The van der Waals surface area contributed by atoms with E-state index in [9.17, 15) is 74.6 Å². The fourth-order valence-electron chi connectivity index (χ4n) is 5.64. The molecule has 0 aliphatic carbocycles. The molecule has 2 heterocycles. The Balaban J connectivity index is 1.76. The van der Waals surface area contributed by atoms with Gasteiger partial charge in [-0.15, -0.1) is 0 Å². The van der Waals surface area contributed by atoms with Crippen molar-refractivity contribution in [3.05, 3.63) is 99.4 Å². The molecular weight excluding hydrogens is 816 g/mol. The van der Waals surface area contributed by atoms with E-state index in [0.717, 1.165) is 45.7 Å². The minimum Gasteiger partial charge on any atom is -0.505 e. The van der Waals surface area contributed by atoms with E-state index in [-0.39, 0.29) is 18.1 Å². The smallest absolute Gasteiger partial charge is 0.365 e. The molecule has 1 aliphatic rings. The van der Waals surface area contributed by atoms with Crippen molar-refractivity contribution in [1.82, 2.24) is 20.5 Å². The number of ether oxygens (including phenoxy) is 3. The van der Waals surface area contributed by atoms with Crippen LogP contribution in [-0.4, -0.2) is 125 Å². The Kier molecular flexibility index (Phi) is 14.6. The molecule has 3 unspecified atom stereocenters. The minimum atomic E-state index is -2.07. The number of carbonyl (C=O) groups is 6. The molecule has 4 rings (SSSR count). The Bertz CT molecular complexity index is 2350. The van der Waals surface area contributed by atoms with E-state index in [2.05, 4.69) is 22.5 Å². The molecule has 0 saturated carbocycles. The number of aliphatic hydroxyl groups excluding tert-OH is 3. The molecule has 324 valence electrons. The first-order valence-corrected chi connectivity index (χ1v) is 17.6. The molecule has 0 spiro atoms. The topological polar surface area (TPSA) is 360 Å². The number of phenolic OH excluding ortho intramolecular Hbond substituents is 4. The van der Waals surface area contributed by atoms with Crippen LogP contribution in [0.5, 0.6) is 23.0 Å². The lowest BCUT2D eigenvalue weighted by Crippen LogP contribution is -2.53. The van der Waals surface area contributed by atoms with Crippen molar-refractivity contribution in [2.75, 3.05) is 26.4 Å². The van der Waals surface area contributed by atoms with Crippen LogP contribution in [0, 0.1) is 17.0 Å². The highest BCUT2D eigenvalue weighted by molar-refractivity contribution is 6.03. The first-order chi connectivity index (χ1) is 28.8. The SMILES string of the molecule is C=C(O)/C(O)=C(\C=C/C)C(=O)NC1COC(=O)C(NC(=O)c2cccc(O)c2O)COC(=O)C(NC(=O)c2c(-[n+]3cc([N+](=O)[O-])n(CCO)c3C)ccc(O)c2O)COC1=O. The van der Waals surface area contributed by atoms with E-state index in [4.69, 9.17) is 14.2 Å². The summed E-state index contributed by atoms with van der Waals surface area (Å²) in [6.45, 7) is 1.88. The highest BCUT2D eigenvalue weighted by Crippen LogP contribution is 2.33. The van der Waals surface area contributed by atoms with Gasteiger partial charge in [0.1, 0.15) is 37.6 Å². The molecule has 10 N–H and O–H groups in total. The van der Waals surface area contributed by atoms with Crippen LogP contribution in [0.25, 0.3) is 5.69 Å². The second kappa shape index (κ2) is 19.5. The Hall–Kier alpha value is -8.15. The zero-order chi connectivity index (χ0) is 45.3. The van der Waals surface area contributed by atoms with Crippen LogP contribution in [0.2, 0.25) is 0 Å². The van der Waals surface area contributed by atoms with E-state index >= 15 is 0 Å². The van der Waals surface area contributed by atoms with Crippen LogP contribution in [0.1, 0.15) is 33.5 Å². The first-order valence-electron chi connectivity index (χ1n) is 17.6. The number of aliphatic hydroxyl groups is 3. The van der Waals surface area contributed by atoms with Gasteiger partial charge in [-0.3, -0.25) is 14.4 Å². The molecule has 0 radical (unpaired) electrons. The minimum absolute atomic E-state index is 0.0513. The van der Waals surface area contributed by atoms with Crippen LogP contribution in [0.15, 0.2) is 72.4 Å². The molecule has 3 amide bonds. The van der Waals surface area contributed by atoms with E-state index < -0.39 is 142 Å². The van der Waals surface area contributed by atoms with E-state index in [1.807, 2.05) is 0 Å². The van der Waals surface area contributed by atoms with Crippen molar-refractivity contribution < 1.29 is 88.2 Å². The molecule has 1 aromatic heterocycles. The number of hydrogen-bond donors (Lipinski definition) is 10. The second-order valence-electron chi connectivity index (χ2n) is 12.7. The molecule has 24 nitrogen and oxygen atoms in total. The number of aromatic hydroxyl groups is 4. The predicted octanol–water partition coefficient (Wildman–Crippen LogP) is -0.719. The maximum absolute atomic E-state index is 14.0. The Morgan fingerprint density at radius 2 is 1.43 bits per heavy atom. The molecule has 61 heavy (non-hydrogen) atoms. The summed E-state index contributed by atoms with van der Waals surface area (Å²) in [5.41, 5.74) is -2.26. The summed E-state index contributed by atoms with van der Waals surface area (Å²) in [6.07, 6.45) is 3.24. The van der Waals surface area contributed by atoms with Gasteiger partial charge in [-0.2, -0.15) is 9.13 Å². The van der Waals surface area contributed by atoms with Crippen molar-refractivity contribution in [1.29, 1.82) is 0 Å². The first kappa shape index (κ1) is 45.6. The number of cyclic esters (lactones) is 3. The lowest BCUT2D eigenvalue weighted by molar-refractivity contribution is -0.604. The van der Waals surface area contributed by atoms with Crippen molar-refractivity contribution in [2.45, 2.75) is 38.5 Å². The average molecular weight is 856 g/mol. The summed E-state index contributed by atoms with van der Waals surface area (Å²) in [5.74, 6) is -14.2. The van der Waals surface area contributed by atoms with Gasteiger partial charge in [-0.1, -0.05) is 18.7 Å². The van der Waals surface area contributed by atoms with Crippen molar-refractivity contribution in [2.24, 2.45) is 0 Å². The molecule has 1 aliphatic heterocycles. The number of hydrogen-bond acceptors (Lipinski definition) is 18. The summed E-state index contributed by atoms with van der Waals surface area (Å²) >= 11 is 0. The Morgan fingerprint density at radius 3 is 1.95 bits per heavy atom. The fourth-order valence-corrected chi connectivity index (χ4v) is 5.64. The van der Waals surface area contributed by atoms with Gasteiger partial charge in [0.15, 0.2) is 58.8 Å². The van der Waals surface area contributed by atoms with Crippen molar-refractivity contribution >= 4 is 41.4 Å². The number of nitro groups is 1. The van der Waals surface area contributed by atoms with E-state index in [0.29, 0.717) is 0 Å². The number of esters is 3. The van der Waals surface area contributed by atoms with Crippen LogP contribution < -0.4 is 20.5 Å². The molecule has 1 saturated heterocycles. The highest BCUT2D eigenvalue weighted by atomic mass is 16.6. The van der Waals surface area contributed by atoms with Gasteiger partial charge >= 0.3 is 23.7 Å². The van der Waals surface area contributed by atoms with E-state index in [1.54, 1.807) is 0 Å². The van der Waals surface area contributed by atoms with Gasteiger partial charge in [-0.05, 0) is 42.2 Å². The normalized spacial score (nSPS) is 17.7. The molecule has 1 fully saturated rings. The number of phenols is 4. The molecule has 0 bridgehead atoms. The third-order valence-corrected chi connectivity index (χ3v) is 8.70. The van der Waals surface area contributed by atoms with Gasteiger partial charge in [-0.25, -0.2) is 14.4 Å². The van der Waals surface area contributed by atoms with Gasteiger partial charge in [0.2, 0.25) is 0 Å². The van der Waals surface area contributed by atoms with Gasteiger partial charge in [0, 0.05) is 6.92 Å². The average Bonchev–Trinajstić information content (AvgIpc) is 3.54. The Labute approximate surface area is 343 Å². The lowest BCUT2D eigenvalue weighted by Gasteiger charge is -2.25. The van der Waals surface area contributed by atoms with Crippen LogP contribution in [0.4, 0.5) is 5.82 Å².